The van der Waals surface area contributed by atoms with Gasteiger partial charge in [0.1, 0.15) is 65.5 Å². The van der Waals surface area contributed by atoms with Crippen LogP contribution < -0.4 is 24.3 Å². The summed E-state index contributed by atoms with van der Waals surface area (Å²) in [5.74, 6) is -2.42. The number of aliphatic hydroxyl groups is 4. The second-order valence-electron chi connectivity index (χ2n) is 12.1. The molecule has 51 heavy (non-hydrogen) atoms. The number of nitrogens with one attached hydrogen (secondary N) is 2. The highest BCUT2D eigenvalue weighted by molar-refractivity contribution is 6.14. The third kappa shape index (κ3) is 7.42. The zero-order chi connectivity index (χ0) is 36.3. The lowest BCUT2D eigenvalue weighted by molar-refractivity contribution is -0.303. The van der Waals surface area contributed by atoms with Gasteiger partial charge in [-0.1, -0.05) is 12.1 Å². The molecule has 0 aliphatic carbocycles. The van der Waals surface area contributed by atoms with E-state index in [9.17, 15) is 35.4 Å². The van der Waals surface area contributed by atoms with Crippen LogP contribution >= 0.6 is 0 Å². The Morgan fingerprint density at radius 3 is 2.59 bits per heavy atom. The summed E-state index contributed by atoms with van der Waals surface area (Å²) in [5, 5.41) is 76.2. The first-order valence-electron chi connectivity index (χ1n) is 16.0. The third-order valence-electron chi connectivity index (χ3n) is 8.52. The summed E-state index contributed by atoms with van der Waals surface area (Å²) in [6.07, 6.45) is -2.81. The van der Waals surface area contributed by atoms with E-state index in [-0.39, 0.29) is 53.3 Å². The van der Waals surface area contributed by atoms with E-state index >= 15 is 0 Å². The molecule has 6 unspecified atom stereocenters. The number of nitrogens with zero attached hydrogens (tertiary/aromatic N) is 3. The van der Waals surface area contributed by atoms with Gasteiger partial charge in [0.2, 0.25) is 12.0 Å². The van der Waals surface area contributed by atoms with Gasteiger partial charge in [0.25, 0.3) is 0 Å². The number of benzene rings is 2. The Bertz CT molecular complexity index is 1820. The summed E-state index contributed by atoms with van der Waals surface area (Å²) in [7, 11) is 1.68. The Hall–Kier alpha value is -5.33. The Morgan fingerprint density at radius 2 is 1.92 bits per heavy atom. The van der Waals surface area contributed by atoms with Crippen molar-refractivity contribution in [3.05, 3.63) is 59.7 Å². The molecule has 270 valence electrons. The number of rotatable bonds is 14. The van der Waals surface area contributed by atoms with Crippen LogP contribution in [0.3, 0.4) is 0 Å². The molecule has 6 atom stereocenters. The summed E-state index contributed by atoms with van der Waals surface area (Å²) in [4.78, 5) is 24.2. The van der Waals surface area contributed by atoms with Gasteiger partial charge in [0.05, 0.1) is 13.2 Å². The van der Waals surface area contributed by atoms with Crippen LogP contribution in [0.25, 0.3) is 5.76 Å². The molecule has 4 heterocycles. The predicted molar refractivity (Wildman–Crippen MR) is 182 cm³/mol. The van der Waals surface area contributed by atoms with Crippen molar-refractivity contribution in [3.8, 4) is 28.7 Å². The second-order valence-corrected chi connectivity index (χ2v) is 12.1. The smallest absolute Gasteiger partial charge is 0.336 e. The molecule has 4 aliphatic heterocycles. The molecule has 0 aromatic heterocycles. The van der Waals surface area contributed by atoms with Crippen LogP contribution in [0.5, 0.6) is 28.7 Å². The molecule has 0 amide bonds. The number of phenolic OH excluding ortho intramolecular Hbond substituents is 1. The van der Waals surface area contributed by atoms with Gasteiger partial charge >= 0.3 is 5.97 Å². The zero-order valence-electron chi connectivity index (χ0n) is 27.3. The maximum absolute atomic E-state index is 12.3. The Morgan fingerprint density at radius 1 is 1.14 bits per heavy atom. The normalized spacial score (nSPS) is 26.5. The molecular weight excluding hydrogens is 670 g/mol. The molecule has 17 heteroatoms. The number of hydrogen-bond donors (Lipinski definition) is 8. The van der Waals surface area contributed by atoms with Gasteiger partial charge in [-0.05, 0) is 36.9 Å². The monoisotopic (exact) mass is 707 g/mol. The highest BCUT2D eigenvalue weighted by Gasteiger charge is 2.59. The number of likely N-dealkylation sites (N-methyl/N-ethyl adjacent to an activating group) is 1. The molecule has 1 fully saturated rings. The van der Waals surface area contributed by atoms with E-state index in [1.807, 2.05) is 0 Å². The Labute approximate surface area is 291 Å². The van der Waals surface area contributed by atoms with E-state index in [1.165, 1.54) is 18.5 Å². The Balaban J connectivity index is 1.23. The molecule has 0 radical (unpaired) electrons. The summed E-state index contributed by atoms with van der Waals surface area (Å²) < 4.78 is 29.1. The molecule has 0 saturated carbocycles. The maximum atomic E-state index is 12.3. The van der Waals surface area contributed by atoms with Gasteiger partial charge in [-0.15, -0.1) is 0 Å². The minimum Gasteiger partial charge on any atom is -0.507 e. The second kappa shape index (κ2) is 14.9. The topological polar surface area (TPSA) is 258 Å². The van der Waals surface area contributed by atoms with E-state index in [0.29, 0.717) is 30.9 Å². The number of aliphatic hydroxyl groups excluding tert-OH is 3. The van der Waals surface area contributed by atoms with Crippen LogP contribution in [0.4, 0.5) is 0 Å². The van der Waals surface area contributed by atoms with Crippen molar-refractivity contribution < 1.29 is 59.1 Å². The number of carboxylic acids is 1. The van der Waals surface area contributed by atoms with E-state index in [0.717, 1.165) is 5.71 Å². The Kier molecular flexibility index (Phi) is 10.4. The number of carbonyl (C=O) groups is 1. The fourth-order valence-corrected chi connectivity index (χ4v) is 5.92. The molecular formula is C34H37N5O12. The number of fused-ring (bicyclic) bond motifs is 1. The van der Waals surface area contributed by atoms with E-state index in [2.05, 4.69) is 20.3 Å². The maximum Gasteiger partial charge on any atom is 0.336 e. The van der Waals surface area contributed by atoms with E-state index in [4.69, 9.17) is 29.1 Å². The fraction of sp³-hybridized carbons (Fsp3) is 0.382. The average molecular weight is 708 g/mol. The predicted octanol–water partition coefficient (Wildman–Crippen LogP) is 1.29. The van der Waals surface area contributed by atoms with E-state index in [1.54, 1.807) is 43.5 Å². The summed E-state index contributed by atoms with van der Waals surface area (Å²) >= 11 is 0. The van der Waals surface area contributed by atoms with Crippen molar-refractivity contribution in [2.75, 3.05) is 33.4 Å². The van der Waals surface area contributed by atoms with Gasteiger partial charge in [-0.3, -0.25) is 10.4 Å². The van der Waals surface area contributed by atoms with Crippen molar-refractivity contribution in [2.24, 2.45) is 15.0 Å². The molecule has 6 rings (SSSR count). The SMILES string of the molecule is CNCCOc1c(OC2OC(C(=O)O)C(O)(CC3=NC=NC3)C(O)C2O)cc2c(c1O)C(O)=CC(c1ccc(OCCC3=NC(=N)C=C3)cc1)O2. The van der Waals surface area contributed by atoms with Crippen LogP contribution in [0, 0.1) is 5.41 Å². The van der Waals surface area contributed by atoms with Gasteiger partial charge in [0.15, 0.2) is 17.6 Å². The number of carboxylic acid groups (broad SMARTS) is 1. The van der Waals surface area contributed by atoms with Gasteiger partial charge < -0.3 is 59.6 Å². The van der Waals surface area contributed by atoms with Crippen LogP contribution in [0.2, 0.25) is 0 Å². The van der Waals surface area contributed by atoms with Crippen molar-refractivity contribution >= 4 is 35.3 Å². The highest BCUT2D eigenvalue weighted by atomic mass is 16.7. The first kappa shape index (κ1) is 35.5. The number of aromatic hydroxyl groups is 1. The van der Waals surface area contributed by atoms with Crippen LogP contribution in [-0.2, 0) is 9.53 Å². The van der Waals surface area contributed by atoms with Crippen molar-refractivity contribution in [1.29, 1.82) is 5.41 Å². The number of aliphatic carboxylic acids is 1. The standard InChI is InChI=1S/C34H37N5O12/c1-36-9-11-48-29-24(50-33-28(42)30(43)34(46,31(51-33)32(44)45)14-19-15-37-16-38-19)13-23-26(27(29)41)21(40)12-22(49-23)17-2-5-20(6-3-17)47-10-8-18-4-7-25(35)39-18/h2-7,12-13,16,22,28,30-31,33,35-36,40-43,46H,8-11,14-15H2,1H3,(H,44,45). The van der Waals surface area contributed by atoms with Crippen molar-refractivity contribution in [1.82, 2.24) is 5.32 Å². The fourth-order valence-electron chi connectivity index (χ4n) is 5.92. The number of allylic oxidation sites excluding steroid dienone is 1. The van der Waals surface area contributed by atoms with Crippen molar-refractivity contribution in [2.45, 2.75) is 49.1 Å². The number of aliphatic imine (C=N–C) groups is 3. The zero-order valence-corrected chi connectivity index (χ0v) is 27.3. The molecule has 2 aromatic carbocycles. The van der Waals surface area contributed by atoms with E-state index < -0.39 is 54.4 Å². The van der Waals surface area contributed by atoms with Crippen LogP contribution in [0.1, 0.15) is 30.1 Å². The van der Waals surface area contributed by atoms with Gasteiger partial charge in [-0.25, -0.2) is 14.8 Å². The number of hydrogen-bond acceptors (Lipinski definition) is 15. The first-order chi connectivity index (χ1) is 24.5. The van der Waals surface area contributed by atoms with Crippen LogP contribution in [0.15, 0.2) is 63.5 Å². The lowest BCUT2D eigenvalue weighted by Gasteiger charge is -2.46. The first-order valence-corrected chi connectivity index (χ1v) is 16.0. The minimum absolute atomic E-state index is 0.00843. The van der Waals surface area contributed by atoms with Gasteiger partial charge in [-0.2, -0.15) is 0 Å². The van der Waals surface area contributed by atoms with Crippen molar-refractivity contribution in [3.63, 3.8) is 0 Å². The molecule has 2 aromatic rings. The lowest BCUT2D eigenvalue weighted by Crippen LogP contribution is -2.69. The summed E-state index contributed by atoms with van der Waals surface area (Å²) in [6, 6.07) is 8.17. The van der Waals surface area contributed by atoms with Gasteiger partial charge in [0, 0.05) is 43.0 Å². The highest BCUT2D eigenvalue weighted by Crippen LogP contribution is 2.51. The minimum atomic E-state index is -2.50. The number of ether oxygens (including phenoxy) is 5. The molecule has 4 aliphatic rings. The summed E-state index contributed by atoms with van der Waals surface area (Å²) in [6.45, 7) is 0.753. The number of phenols is 1. The quantitative estimate of drug-likeness (QED) is 0.129. The molecule has 1 saturated heterocycles. The third-order valence-corrected chi connectivity index (χ3v) is 8.52. The lowest BCUT2D eigenvalue weighted by atomic mass is 9.80. The molecule has 0 bridgehead atoms. The average Bonchev–Trinajstić information content (AvgIpc) is 3.77. The molecule has 8 N–H and O–H groups in total. The molecule has 17 nitrogen and oxygen atoms in total. The largest absolute Gasteiger partial charge is 0.507 e. The molecule has 0 spiro atoms. The van der Waals surface area contributed by atoms with Crippen LogP contribution in [-0.4, -0.2) is 124 Å². The summed E-state index contributed by atoms with van der Waals surface area (Å²) in [5.41, 5.74) is -0.972. The number of amidine groups is 1.